The van der Waals surface area contributed by atoms with Crippen LogP contribution in [-0.4, -0.2) is 18.2 Å². The van der Waals surface area contributed by atoms with Crippen molar-refractivity contribution in [2.24, 2.45) is 7.05 Å². The first-order chi connectivity index (χ1) is 11.8. The van der Waals surface area contributed by atoms with Crippen molar-refractivity contribution in [3.05, 3.63) is 64.7 Å². The Morgan fingerprint density at radius 3 is 2.76 bits per heavy atom. The molecule has 0 radical (unpaired) electrons. The zero-order valence-corrected chi connectivity index (χ0v) is 14.9. The van der Waals surface area contributed by atoms with Crippen LogP contribution in [0.15, 0.2) is 41.8 Å². The maximum atomic E-state index is 13.6. The fraction of sp³-hybridized carbons (Fsp3) is 0.188. The number of nitrogens with one attached hydrogen (secondary N) is 1. The van der Waals surface area contributed by atoms with E-state index in [-0.39, 0.29) is 12.1 Å². The Morgan fingerprint density at radius 1 is 1.24 bits per heavy atom. The Bertz CT molecular complexity index is 983. The lowest BCUT2D eigenvalue weighted by atomic mass is 10.2. The number of nitrogens with zero attached hydrogens (tertiary/aromatic N) is 2. The molecular weight excluding hydrogens is 368 g/mol. The van der Waals surface area contributed by atoms with Gasteiger partial charge in [0.1, 0.15) is 11.6 Å². The first kappa shape index (κ1) is 17.7. The van der Waals surface area contributed by atoms with E-state index in [4.69, 9.17) is 0 Å². The van der Waals surface area contributed by atoms with Gasteiger partial charge in [0.05, 0.1) is 28.6 Å². The van der Waals surface area contributed by atoms with Crippen LogP contribution >= 0.6 is 11.3 Å². The van der Waals surface area contributed by atoms with Gasteiger partial charge in [-0.25, -0.2) is 21.9 Å². The summed E-state index contributed by atoms with van der Waals surface area (Å²) in [7, 11) is -2.06. The van der Waals surface area contributed by atoms with Crippen LogP contribution in [0.4, 0.5) is 8.78 Å². The molecule has 0 fully saturated rings. The van der Waals surface area contributed by atoms with Crippen molar-refractivity contribution in [1.29, 1.82) is 0 Å². The van der Waals surface area contributed by atoms with Crippen LogP contribution in [0, 0.1) is 11.6 Å². The Hall–Kier alpha value is -2.10. The summed E-state index contributed by atoms with van der Waals surface area (Å²) in [4.78, 5) is 1.02. The molecule has 1 aromatic carbocycles. The first-order valence-electron chi connectivity index (χ1n) is 7.32. The molecule has 0 aliphatic carbocycles. The second-order valence-corrected chi connectivity index (χ2v) is 8.19. The Labute approximate surface area is 148 Å². The van der Waals surface area contributed by atoms with Crippen molar-refractivity contribution in [3.8, 4) is 10.6 Å². The van der Waals surface area contributed by atoms with Crippen LogP contribution in [0.3, 0.4) is 0 Å². The molecule has 0 aliphatic heterocycles. The van der Waals surface area contributed by atoms with E-state index in [1.807, 2.05) is 17.5 Å². The second kappa shape index (κ2) is 7.03. The maximum absolute atomic E-state index is 13.6. The van der Waals surface area contributed by atoms with Crippen LogP contribution in [0.1, 0.15) is 11.3 Å². The molecule has 5 nitrogen and oxygen atoms in total. The third kappa shape index (κ3) is 4.30. The van der Waals surface area contributed by atoms with Crippen molar-refractivity contribution in [3.63, 3.8) is 0 Å². The second-order valence-electron chi connectivity index (χ2n) is 5.44. The third-order valence-electron chi connectivity index (χ3n) is 3.53. The van der Waals surface area contributed by atoms with E-state index in [2.05, 4.69) is 9.82 Å². The molecule has 0 atom stereocenters. The average molecular weight is 383 g/mol. The number of hydrogen-bond donors (Lipinski definition) is 1. The fourth-order valence-corrected chi connectivity index (χ4v) is 4.23. The Morgan fingerprint density at radius 2 is 2.04 bits per heavy atom. The molecule has 2 aromatic heterocycles. The molecule has 0 saturated heterocycles. The largest absolute Gasteiger partial charge is 0.267 e. The van der Waals surface area contributed by atoms with E-state index >= 15 is 0 Å². The number of aromatic nitrogens is 2. The smallest absolute Gasteiger partial charge is 0.216 e. The molecule has 0 unspecified atom stereocenters. The SMILES string of the molecule is Cn1nc(CNS(=O)(=O)Cc2cc(F)ccc2F)cc1-c1cccs1. The average Bonchev–Trinajstić information content (AvgIpc) is 3.18. The van der Waals surface area contributed by atoms with E-state index in [1.165, 1.54) is 0 Å². The van der Waals surface area contributed by atoms with Crippen molar-refractivity contribution in [1.82, 2.24) is 14.5 Å². The maximum Gasteiger partial charge on any atom is 0.216 e. The van der Waals surface area contributed by atoms with E-state index in [1.54, 1.807) is 29.1 Å². The monoisotopic (exact) mass is 383 g/mol. The minimum Gasteiger partial charge on any atom is -0.267 e. The highest BCUT2D eigenvalue weighted by atomic mass is 32.2. The van der Waals surface area contributed by atoms with Gasteiger partial charge in [0.15, 0.2) is 0 Å². The van der Waals surface area contributed by atoms with Crippen molar-refractivity contribution >= 4 is 21.4 Å². The molecule has 0 saturated carbocycles. The predicted octanol–water partition coefficient (Wildman–Crippen LogP) is 3.05. The number of benzene rings is 1. The molecular formula is C16H15F2N3O2S2. The summed E-state index contributed by atoms with van der Waals surface area (Å²) in [6.45, 7) is -0.0293. The quantitative estimate of drug-likeness (QED) is 0.712. The van der Waals surface area contributed by atoms with Gasteiger partial charge >= 0.3 is 0 Å². The highest BCUT2D eigenvalue weighted by molar-refractivity contribution is 7.88. The van der Waals surface area contributed by atoms with Gasteiger partial charge in [-0.05, 0) is 35.7 Å². The topological polar surface area (TPSA) is 64.0 Å². The van der Waals surface area contributed by atoms with E-state index in [9.17, 15) is 17.2 Å². The molecule has 2 heterocycles. The number of rotatable bonds is 6. The van der Waals surface area contributed by atoms with Gasteiger partial charge in [0.25, 0.3) is 0 Å². The van der Waals surface area contributed by atoms with Gasteiger partial charge in [-0.3, -0.25) is 4.68 Å². The first-order valence-corrected chi connectivity index (χ1v) is 9.85. The number of halogens is 2. The van der Waals surface area contributed by atoms with E-state index in [0.29, 0.717) is 5.69 Å². The van der Waals surface area contributed by atoms with Crippen molar-refractivity contribution in [2.75, 3.05) is 0 Å². The molecule has 3 aromatic rings. The fourth-order valence-electron chi connectivity index (χ4n) is 2.36. The van der Waals surface area contributed by atoms with E-state index in [0.717, 1.165) is 28.8 Å². The minimum absolute atomic E-state index is 0.0293. The zero-order valence-electron chi connectivity index (χ0n) is 13.2. The van der Waals surface area contributed by atoms with Crippen LogP contribution in [0.2, 0.25) is 0 Å². The molecule has 0 bridgehead atoms. The predicted molar refractivity (Wildman–Crippen MR) is 92.3 cm³/mol. The van der Waals surface area contributed by atoms with E-state index < -0.39 is 27.4 Å². The van der Waals surface area contributed by atoms with Crippen molar-refractivity contribution in [2.45, 2.75) is 12.3 Å². The van der Waals surface area contributed by atoms with Crippen LogP contribution in [0.5, 0.6) is 0 Å². The van der Waals surface area contributed by atoms with Crippen LogP contribution in [0.25, 0.3) is 10.6 Å². The summed E-state index contributed by atoms with van der Waals surface area (Å²) in [5, 5.41) is 6.21. The van der Waals surface area contributed by atoms with Gasteiger partial charge in [0, 0.05) is 12.6 Å². The van der Waals surface area contributed by atoms with Gasteiger partial charge < -0.3 is 0 Å². The van der Waals surface area contributed by atoms with Crippen LogP contribution in [-0.2, 0) is 29.4 Å². The van der Waals surface area contributed by atoms with Gasteiger partial charge in [0.2, 0.25) is 10.0 Å². The molecule has 0 aliphatic rings. The highest BCUT2D eigenvalue weighted by Crippen LogP contribution is 2.24. The van der Waals surface area contributed by atoms with Gasteiger partial charge in [-0.1, -0.05) is 6.07 Å². The molecule has 25 heavy (non-hydrogen) atoms. The van der Waals surface area contributed by atoms with Crippen molar-refractivity contribution < 1.29 is 17.2 Å². The lowest BCUT2D eigenvalue weighted by molar-refractivity contribution is 0.568. The summed E-state index contributed by atoms with van der Waals surface area (Å²) in [5.41, 5.74) is 1.20. The lowest BCUT2D eigenvalue weighted by Gasteiger charge is -2.06. The Balaban J connectivity index is 1.70. The molecule has 1 N–H and O–H groups in total. The summed E-state index contributed by atoms with van der Waals surface area (Å²) in [6.07, 6.45) is 0. The Kier molecular flexibility index (Phi) is 4.98. The highest BCUT2D eigenvalue weighted by Gasteiger charge is 2.17. The molecule has 3 rings (SSSR count). The molecule has 0 amide bonds. The zero-order chi connectivity index (χ0) is 18.0. The van der Waals surface area contributed by atoms with Crippen LogP contribution < -0.4 is 4.72 Å². The molecule has 132 valence electrons. The number of hydrogen-bond acceptors (Lipinski definition) is 4. The minimum atomic E-state index is -3.83. The summed E-state index contributed by atoms with van der Waals surface area (Å²) in [5.74, 6) is -2.08. The molecule has 9 heteroatoms. The summed E-state index contributed by atoms with van der Waals surface area (Å²) < 4.78 is 55.0. The molecule has 0 spiro atoms. The van der Waals surface area contributed by atoms with Gasteiger partial charge in [-0.15, -0.1) is 11.3 Å². The third-order valence-corrected chi connectivity index (χ3v) is 5.70. The lowest BCUT2D eigenvalue weighted by Crippen LogP contribution is -2.25. The van der Waals surface area contributed by atoms with Gasteiger partial charge in [-0.2, -0.15) is 5.10 Å². The summed E-state index contributed by atoms with van der Waals surface area (Å²) >= 11 is 1.56. The number of sulfonamides is 1. The summed E-state index contributed by atoms with van der Waals surface area (Å²) in [6, 6.07) is 8.39. The normalized spacial score (nSPS) is 11.8. The number of aryl methyl sites for hydroxylation is 1. The standard InChI is InChI=1S/C16H15F2N3O2S2/c1-21-15(16-3-2-6-24-16)8-13(20-21)9-19-25(22,23)10-11-7-12(17)4-5-14(11)18/h2-8,19H,9-10H2,1H3. The number of thiophene rings is 1.